The lowest BCUT2D eigenvalue weighted by Gasteiger charge is -2.37. The van der Waals surface area contributed by atoms with Crippen LogP contribution >= 0.6 is 0 Å². The van der Waals surface area contributed by atoms with E-state index in [9.17, 15) is 15.3 Å². The fourth-order valence-electron chi connectivity index (χ4n) is 5.22. The van der Waals surface area contributed by atoms with E-state index in [1.807, 2.05) is 36.4 Å². The van der Waals surface area contributed by atoms with Crippen molar-refractivity contribution in [2.24, 2.45) is 0 Å². The highest BCUT2D eigenvalue weighted by Crippen LogP contribution is 2.47. The van der Waals surface area contributed by atoms with Gasteiger partial charge in [0, 0.05) is 18.4 Å². The molecule has 1 saturated heterocycles. The molecule has 2 aromatic carbocycles. The van der Waals surface area contributed by atoms with E-state index in [4.69, 9.17) is 24.7 Å². The first-order chi connectivity index (χ1) is 18.8. The molecule has 0 amide bonds. The van der Waals surface area contributed by atoms with Gasteiger partial charge in [0.15, 0.2) is 17.2 Å². The van der Waals surface area contributed by atoms with Gasteiger partial charge in [-0.1, -0.05) is 12.1 Å². The van der Waals surface area contributed by atoms with E-state index in [0.717, 1.165) is 11.1 Å². The van der Waals surface area contributed by atoms with Gasteiger partial charge in [-0.2, -0.15) is 0 Å². The van der Waals surface area contributed by atoms with Gasteiger partial charge in [0.05, 0.1) is 34.3 Å². The number of aromatic nitrogens is 4. The smallest absolute Gasteiger partial charge is 0.177 e. The Bertz CT molecular complexity index is 1440. The molecule has 1 aliphatic heterocycles. The van der Waals surface area contributed by atoms with Crippen LogP contribution in [0.4, 0.5) is 5.82 Å². The van der Waals surface area contributed by atoms with E-state index in [1.165, 1.54) is 12.7 Å². The standard InChI is InChI=1S/C27H31N5O7/c1-36-17-6-4-5-15(7-17)20(16-8-18(37-2)10-19(9-16)38-3)11-27(24(35)23(34)21(12-33)39-27)32-14-31-22-25(28)29-13-30-26(22)32/h4-10,13-14,20-21,23-24,33-35H,11-12H2,1-3H3,(H2,28,29,30)/t20?,21-,23-,24-,27-/m1/s1. The Kier molecular flexibility index (Phi) is 7.28. The molecule has 5 atom stereocenters. The molecule has 3 heterocycles. The van der Waals surface area contributed by atoms with Crippen molar-refractivity contribution in [2.75, 3.05) is 33.7 Å². The molecule has 0 bridgehead atoms. The number of ether oxygens (including phenoxy) is 4. The maximum absolute atomic E-state index is 11.6. The second kappa shape index (κ2) is 10.7. The second-order valence-corrected chi connectivity index (χ2v) is 9.34. The number of benzene rings is 2. The highest BCUT2D eigenvalue weighted by molar-refractivity contribution is 5.81. The fourth-order valence-corrected chi connectivity index (χ4v) is 5.22. The van der Waals surface area contributed by atoms with Gasteiger partial charge >= 0.3 is 0 Å². The van der Waals surface area contributed by atoms with Gasteiger partial charge in [0.2, 0.25) is 0 Å². The SMILES string of the molecule is COc1cccc(C(C[C@@]2(n3cnc4c(N)ncnc43)O[C@H](CO)[C@@H](O)[C@H]2O)c2cc(OC)cc(OC)c2)c1. The number of nitrogens with two attached hydrogens (primary N) is 1. The van der Waals surface area contributed by atoms with Gasteiger partial charge in [-0.25, -0.2) is 15.0 Å². The molecule has 0 spiro atoms. The Labute approximate surface area is 224 Å². The quantitative estimate of drug-likeness (QED) is 0.244. The molecular weight excluding hydrogens is 506 g/mol. The minimum absolute atomic E-state index is 0.0839. The molecule has 5 N–H and O–H groups in total. The molecule has 5 rings (SSSR count). The summed E-state index contributed by atoms with van der Waals surface area (Å²) < 4.78 is 24.4. The average Bonchev–Trinajstić information content (AvgIpc) is 3.52. The van der Waals surface area contributed by atoms with Crippen molar-refractivity contribution in [3.63, 3.8) is 0 Å². The summed E-state index contributed by atoms with van der Waals surface area (Å²) in [6.45, 7) is -0.513. The highest BCUT2D eigenvalue weighted by Gasteiger charge is 2.57. The molecular formula is C27H31N5O7. The zero-order valence-electron chi connectivity index (χ0n) is 21.8. The van der Waals surface area contributed by atoms with Crippen LogP contribution in [0.3, 0.4) is 0 Å². The average molecular weight is 538 g/mol. The van der Waals surface area contributed by atoms with E-state index in [-0.39, 0.29) is 12.2 Å². The number of nitrogen functional groups attached to an aromatic ring is 1. The third kappa shape index (κ3) is 4.61. The van der Waals surface area contributed by atoms with Crippen LogP contribution in [0.15, 0.2) is 55.1 Å². The van der Waals surface area contributed by atoms with Crippen molar-refractivity contribution >= 4 is 17.0 Å². The Hall–Kier alpha value is -3.97. The third-order valence-corrected chi connectivity index (χ3v) is 7.24. The molecule has 2 aromatic heterocycles. The molecule has 12 heteroatoms. The predicted octanol–water partition coefficient (Wildman–Crippen LogP) is 1.42. The number of anilines is 1. The van der Waals surface area contributed by atoms with Crippen LogP contribution in [0.5, 0.6) is 17.2 Å². The predicted molar refractivity (Wildman–Crippen MR) is 141 cm³/mol. The lowest BCUT2D eigenvalue weighted by atomic mass is 9.82. The summed E-state index contributed by atoms with van der Waals surface area (Å²) in [7, 11) is 4.71. The molecule has 39 heavy (non-hydrogen) atoms. The lowest BCUT2D eigenvalue weighted by Crippen LogP contribution is -2.46. The van der Waals surface area contributed by atoms with Gasteiger partial charge in [-0.3, -0.25) is 4.57 Å². The van der Waals surface area contributed by atoms with Gasteiger partial charge in [0.1, 0.15) is 47.4 Å². The first-order valence-corrected chi connectivity index (χ1v) is 12.3. The minimum atomic E-state index is -1.62. The molecule has 0 saturated carbocycles. The maximum Gasteiger partial charge on any atom is 0.177 e. The summed E-state index contributed by atoms with van der Waals surface area (Å²) in [6, 6.07) is 13.0. The Balaban J connectivity index is 1.74. The molecule has 0 radical (unpaired) electrons. The van der Waals surface area contributed by atoms with Crippen LogP contribution in [-0.2, 0) is 10.5 Å². The number of hydrogen-bond acceptors (Lipinski definition) is 11. The summed E-state index contributed by atoms with van der Waals surface area (Å²) in [5, 5.41) is 32.5. The molecule has 1 fully saturated rings. The van der Waals surface area contributed by atoms with Gasteiger partial charge in [0.25, 0.3) is 0 Å². The Morgan fingerprint density at radius 1 is 0.974 bits per heavy atom. The third-order valence-electron chi connectivity index (χ3n) is 7.24. The van der Waals surface area contributed by atoms with Crippen molar-refractivity contribution in [3.8, 4) is 17.2 Å². The van der Waals surface area contributed by atoms with Crippen LogP contribution in [0.2, 0.25) is 0 Å². The fraction of sp³-hybridized carbons (Fsp3) is 0.370. The molecule has 1 unspecified atom stereocenters. The first kappa shape index (κ1) is 26.6. The summed E-state index contributed by atoms with van der Waals surface area (Å²) in [5.41, 5.74) is 6.67. The normalized spacial score (nSPS) is 23.6. The van der Waals surface area contributed by atoms with Crippen LogP contribution in [0.1, 0.15) is 23.5 Å². The van der Waals surface area contributed by atoms with Crippen molar-refractivity contribution < 1.29 is 34.3 Å². The van der Waals surface area contributed by atoms with E-state index in [0.29, 0.717) is 28.4 Å². The number of methoxy groups -OCH3 is 3. The van der Waals surface area contributed by atoms with Crippen LogP contribution in [0, 0.1) is 0 Å². The van der Waals surface area contributed by atoms with Gasteiger partial charge < -0.3 is 40.0 Å². The molecule has 12 nitrogen and oxygen atoms in total. The number of fused-ring (bicyclic) bond motifs is 1. The number of aliphatic hydroxyl groups is 3. The zero-order chi connectivity index (χ0) is 27.7. The van der Waals surface area contributed by atoms with Crippen LogP contribution in [0.25, 0.3) is 11.2 Å². The number of hydrogen-bond donors (Lipinski definition) is 4. The van der Waals surface area contributed by atoms with Crippen molar-refractivity contribution in [1.82, 2.24) is 19.5 Å². The number of aliphatic hydroxyl groups excluding tert-OH is 3. The summed E-state index contributed by atoms with van der Waals surface area (Å²) in [6.07, 6.45) is -1.11. The van der Waals surface area contributed by atoms with Crippen LogP contribution < -0.4 is 19.9 Å². The van der Waals surface area contributed by atoms with E-state index >= 15 is 0 Å². The van der Waals surface area contributed by atoms with Crippen molar-refractivity contribution in [3.05, 3.63) is 66.2 Å². The van der Waals surface area contributed by atoms with Crippen molar-refractivity contribution in [1.29, 1.82) is 0 Å². The summed E-state index contributed by atoms with van der Waals surface area (Å²) in [4.78, 5) is 12.7. The van der Waals surface area contributed by atoms with E-state index < -0.39 is 36.6 Å². The second-order valence-electron chi connectivity index (χ2n) is 9.34. The summed E-state index contributed by atoms with van der Waals surface area (Å²) in [5.74, 6) is 1.47. The van der Waals surface area contributed by atoms with Crippen LogP contribution in [-0.4, -0.2) is 81.1 Å². The largest absolute Gasteiger partial charge is 0.497 e. The topological polar surface area (TPSA) is 167 Å². The molecule has 4 aromatic rings. The Morgan fingerprint density at radius 3 is 2.31 bits per heavy atom. The number of rotatable bonds is 9. The summed E-state index contributed by atoms with van der Waals surface area (Å²) >= 11 is 0. The Morgan fingerprint density at radius 2 is 1.67 bits per heavy atom. The monoisotopic (exact) mass is 537 g/mol. The van der Waals surface area contributed by atoms with E-state index in [2.05, 4.69) is 15.0 Å². The van der Waals surface area contributed by atoms with Crippen molar-refractivity contribution in [2.45, 2.75) is 36.4 Å². The van der Waals surface area contributed by atoms with E-state index in [1.54, 1.807) is 32.0 Å². The molecule has 1 aliphatic rings. The lowest BCUT2D eigenvalue weighted by molar-refractivity contribution is -0.152. The minimum Gasteiger partial charge on any atom is -0.497 e. The van der Waals surface area contributed by atoms with Gasteiger partial charge in [-0.15, -0.1) is 0 Å². The highest BCUT2D eigenvalue weighted by atomic mass is 16.6. The maximum atomic E-state index is 11.6. The molecule has 206 valence electrons. The number of nitrogens with zero attached hydrogens (tertiary/aromatic N) is 4. The zero-order valence-corrected chi connectivity index (χ0v) is 21.8. The van der Waals surface area contributed by atoms with Gasteiger partial charge in [-0.05, 0) is 35.4 Å². The molecule has 0 aliphatic carbocycles. The number of imidazole rings is 1. The first-order valence-electron chi connectivity index (χ1n) is 12.3.